The third kappa shape index (κ3) is 4.62. The smallest absolute Gasteiger partial charge is 0.383 e. The van der Waals surface area contributed by atoms with Gasteiger partial charge in [0.25, 0.3) is 0 Å². The molecule has 0 aliphatic rings. The van der Waals surface area contributed by atoms with E-state index in [1.807, 2.05) is 0 Å². The summed E-state index contributed by atoms with van der Waals surface area (Å²) in [6.07, 6.45) is -4.61. The van der Waals surface area contributed by atoms with Crippen LogP contribution in [-0.2, 0) is 20.9 Å². The van der Waals surface area contributed by atoms with E-state index in [4.69, 9.17) is 16.3 Å². The van der Waals surface area contributed by atoms with Crippen molar-refractivity contribution in [2.24, 2.45) is 0 Å². The molecular weight excluding hydrogens is 319 g/mol. The SMILES string of the molecule is COCC(CCl)NS(=O)(=O)c1cccc(C(F)(F)F)c1. The van der Waals surface area contributed by atoms with Gasteiger partial charge in [-0.15, -0.1) is 11.6 Å². The van der Waals surface area contributed by atoms with Crippen LogP contribution in [0.25, 0.3) is 0 Å². The van der Waals surface area contributed by atoms with E-state index in [0.29, 0.717) is 6.07 Å². The van der Waals surface area contributed by atoms with E-state index < -0.39 is 32.7 Å². The molecule has 1 rings (SSSR count). The number of benzene rings is 1. The molecule has 0 saturated carbocycles. The molecule has 1 unspecified atom stereocenters. The van der Waals surface area contributed by atoms with Crippen LogP contribution in [0.2, 0.25) is 0 Å². The molecule has 0 aliphatic carbocycles. The Morgan fingerprint density at radius 3 is 2.55 bits per heavy atom. The average molecular weight is 332 g/mol. The minimum absolute atomic E-state index is 0.0156. The number of methoxy groups -OCH3 is 1. The Labute approximate surface area is 119 Å². The van der Waals surface area contributed by atoms with E-state index in [1.165, 1.54) is 7.11 Å². The van der Waals surface area contributed by atoms with Crippen molar-refractivity contribution in [1.29, 1.82) is 0 Å². The van der Waals surface area contributed by atoms with Crippen LogP contribution in [0, 0.1) is 0 Å². The first-order valence-electron chi connectivity index (χ1n) is 5.45. The topological polar surface area (TPSA) is 55.4 Å². The molecule has 0 amide bonds. The maximum Gasteiger partial charge on any atom is 0.416 e. The van der Waals surface area contributed by atoms with E-state index >= 15 is 0 Å². The van der Waals surface area contributed by atoms with Gasteiger partial charge in [-0.3, -0.25) is 0 Å². The number of nitrogens with one attached hydrogen (secondary N) is 1. The first-order chi connectivity index (χ1) is 9.20. The first-order valence-corrected chi connectivity index (χ1v) is 7.47. The molecule has 4 nitrogen and oxygen atoms in total. The largest absolute Gasteiger partial charge is 0.416 e. The van der Waals surface area contributed by atoms with E-state index in [9.17, 15) is 21.6 Å². The summed E-state index contributed by atoms with van der Waals surface area (Å²) in [6.45, 7) is 0.0156. The van der Waals surface area contributed by atoms with Gasteiger partial charge in [-0.1, -0.05) is 6.07 Å². The Hall–Kier alpha value is -0.830. The highest BCUT2D eigenvalue weighted by molar-refractivity contribution is 7.89. The summed E-state index contributed by atoms with van der Waals surface area (Å²) in [5, 5.41) is 0. The number of hydrogen-bond donors (Lipinski definition) is 1. The van der Waals surface area contributed by atoms with Crippen LogP contribution in [0.5, 0.6) is 0 Å². The van der Waals surface area contributed by atoms with Crippen molar-refractivity contribution < 1.29 is 26.3 Å². The zero-order valence-electron chi connectivity index (χ0n) is 10.4. The summed E-state index contributed by atoms with van der Waals surface area (Å²) >= 11 is 5.56. The summed E-state index contributed by atoms with van der Waals surface area (Å²) in [5.74, 6) is -0.0635. The van der Waals surface area contributed by atoms with Gasteiger partial charge in [-0.25, -0.2) is 13.1 Å². The van der Waals surface area contributed by atoms with Gasteiger partial charge in [-0.2, -0.15) is 13.2 Å². The zero-order valence-corrected chi connectivity index (χ0v) is 12.0. The fourth-order valence-corrected chi connectivity index (χ4v) is 2.96. The average Bonchev–Trinajstić information content (AvgIpc) is 2.37. The van der Waals surface area contributed by atoms with Crippen LogP contribution in [0.3, 0.4) is 0 Å². The molecule has 0 bridgehead atoms. The second kappa shape index (κ2) is 6.75. The lowest BCUT2D eigenvalue weighted by Gasteiger charge is -2.16. The lowest BCUT2D eigenvalue weighted by molar-refractivity contribution is -0.137. The number of sulfonamides is 1. The number of halogens is 4. The van der Waals surface area contributed by atoms with Gasteiger partial charge in [0.1, 0.15) is 0 Å². The highest BCUT2D eigenvalue weighted by Crippen LogP contribution is 2.30. The molecule has 0 fully saturated rings. The third-order valence-electron chi connectivity index (χ3n) is 2.35. The molecule has 1 aromatic carbocycles. The maximum absolute atomic E-state index is 12.5. The monoisotopic (exact) mass is 331 g/mol. The predicted octanol–water partition coefficient (Wildman–Crippen LogP) is 2.24. The fraction of sp³-hybridized carbons (Fsp3) is 0.455. The molecule has 114 valence electrons. The van der Waals surface area contributed by atoms with E-state index in [-0.39, 0.29) is 12.5 Å². The normalized spacial score (nSPS) is 14.2. The zero-order chi connectivity index (χ0) is 15.4. The molecule has 0 aliphatic heterocycles. The van der Waals surface area contributed by atoms with Crippen LogP contribution in [0.15, 0.2) is 29.2 Å². The number of rotatable bonds is 6. The predicted molar refractivity (Wildman–Crippen MR) is 68.1 cm³/mol. The highest BCUT2D eigenvalue weighted by Gasteiger charge is 2.32. The Morgan fingerprint density at radius 1 is 1.40 bits per heavy atom. The third-order valence-corrected chi connectivity index (χ3v) is 4.24. The molecule has 0 aromatic heterocycles. The second-order valence-corrected chi connectivity index (χ2v) is 5.98. The van der Waals surface area contributed by atoms with E-state index in [2.05, 4.69) is 4.72 Å². The molecule has 20 heavy (non-hydrogen) atoms. The van der Waals surface area contributed by atoms with Gasteiger partial charge in [0.05, 0.1) is 23.1 Å². The summed E-state index contributed by atoms with van der Waals surface area (Å²) in [6, 6.07) is 2.76. The van der Waals surface area contributed by atoms with Crippen molar-refractivity contribution in [3.63, 3.8) is 0 Å². The molecule has 0 radical (unpaired) electrons. The molecule has 1 N–H and O–H groups in total. The van der Waals surface area contributed by atoms with Crippen LogP contribution in [0.1, 0.15) is 5.56 Å². The van der Waals surface area contributed by atoms with Gasteiger partial charge in [-0.05, 0) is 18.2 Å². The molecule has 1 atom stereocenters. The number of alkyl halides is 4. The summed E-state index contributed by atoms with van der Waals surface area (Å²) < 4.78 is 68.5. The van der Waals surface area contributed by atoms with Gasteiger partial charge < -0.3 is 4.74 Å². The summed E-state index contributed by atoms with van der Waals surface area (Å²) in [7, 11) is -2.73. The number of ether oxygens (including phenoxy) is 1. The quantitative estimate of drug-likeness (QED) is 0.813. The van der Waals surface area contributed by atoms with Crippen molar-refractivity contribution in [3.8, 4) is 0 Å². The molecule has 0 spiro atoms. The van der Waals surface area contributed by atoms with Crippen LogP contribution in [0.4, 0.5) is 13.2 Å². The van der Waals surface area contributed by atoms with Crippen LogP contribution >= 0.6 is 11.6 Å². The Balaban J connectivity index is 3.04. The highest BCUT2D eigenvalue weighted by atomic mass is 35.5. The Kier molecular flexibility index (Phi) is 5.81. The minimum Gasteiger partial charge on any atom is -0.383 e. The standard InChI is InChI=1S/C11H13ClF3NO3S/c1-19-7-9(6-12)16-20(17,18)10-4-2-3-8(5-10)11(13,14)15/h2-5,9,16H,6-7H2,1H3. The molecule has 9 heteroatoms. The summed E-state index contributed by atoms with van der Waals surface area (Å²) in [5.41, 5.74) is -1.03. The molecule has 0 heterocycles. The van der Waals surface area contributed by atoms with Crippen molar-refractivity contribution in [1.82, 2.24) is 4.72 Å². The van der Waals surface area contributed by atoms with E-state index in [1.54, 1.807) is 0 Å². The summed E-state index contributed by atoms with van der Waals surface area (Å²) in [4.78, 5) is -0.474. The van der Waals surface area contributed by atoms with Crippen molar-refractivity contribution >= 4 is 21.6 Å². The molecule has 1 aromatic rings. The minimum atomic E-state index is -4.61. The lowest BCUT2D eigenvalue weighted by Crippen LogP contribution is -2.39. The van der Waals surface area contributed by atoms with Crippen molar-refractivity contribution in [2.75, 3.05) is 19.6 Å². The number of hydrogen-bond acceptors (Lipinski definition) is 3. The Morgan fingerprint density at radius 2 is 2.05 bits per heavy atom. The van der Waals surface area contributed by atoms with Crippen molar-refractivity contribution in [2.45, 2.75) is 17.1 Å². The van der Waals surface area contributed by atoms with Crippen LogP contribution in [-0.4, -0.2) is 34.1 Å². The van der Waals surface area contributed by atoms with Gasteiger partial charge >= 0.3 is 6.18 Å². The lowest BCUT2D eigenvalue weighted by atomic mass is 10.2. The van der Waals surface area contributed by atoms with Gasteiger partial charge in [0.2, 0.25) is 10.0 Å². The first kappa shape index (κ1) is 17.2. The van der Waals surface area contributed by atoms with E-state index in [0.717, 1.165) is 18.2 Å². The van der Waals surface area contributed by atoms with Crippen LogP contribution < -0.4 is 4.72 Å². The Bertz CT molecular complexity index is 548. The van der Waals surface area contributed by atoms with Gasteiger partial charge in [0, 0.05) is 13.0 Å². The molecular formula is C11H13ClF3NO3S. The fourth-order valence-electron chi connectivity index (χ4n) is 1.44. The van der Waals surface area contributed by atoms with Crippen molar-refractivity contribution in [3.05, 3.63) is 29.8 Å². The van der Waals surface area contributed by atoms with Gasteiger partial charge in [0.15, 0.2) is 0 Å². The molecule has 0 saturated heterocycles. The maximum atomic E-state index is 12.5. The second-order valence-electron chi connectivity index (χ2n) is 3.95.